The fourth-order valence-electron chi connectivity index (χ4n) is 3.28. The number of halogens is 1. The molecule has 1 saturated carbocycles. The molecular formula is C20H23ClN2O3S. The van der Waals surface area contributed by atoms with Crippen LogP contribution in [-0.4, -0.2) is 26.4 Å². The second-order valence-electron chi connectivity index (χ2n) is 6.81. The van der Waals surface area contributed by atoms with Gasteiger partial charge in [-0.05, 0) is 49.1 Å². The minimum atomic E-state index is -3.84. The first-order valence-corrected chi connectivity index (χ1v) is 10.9. The lowest BCUT2D eigenvalue weighted by molar-refractivity contribution is -0.123. The smallest absolute Gasteiger partial charge is 0.241 e. The van der Waals surface area contributed by atoms with Crippen molar-refractivity contribution in [3.63, 3.8) is 0 Å². The monoisotopic (exact) mass is 406 g/mol. The van der Waals surface area contributed by atoms with Gasteiger partial charge in [0.05, 0.1) is 4.90 Å². The molecule has 2 aromatic carbocycles. The number of amides is 1. The van der Waals surface area contributed by atoms with E-state index in [2.05, 4.69) is 10.0 Å². The fraction of sp³-hybridized carbons (Fsp3) is 0.350. The molecule has 1 aliphatic rings. The summed E-state index contributed by atoms with van der Waals surface area (Å²) in [6.07, 6.45) is 4.34. The highest BCUT2D eigenvalue weighted by Gasteiger charge is 2.28. The lowest BCUT2D eigenvalue weighted by atomic mass is 10.1. The Morgan fingerprint density at radius 2 is 1.67 bits per heavy atom. The Hall–Kier alpha value is -1.89. The molecule has 1 unspecified atom stereocenters. The molecule has 1 fully saturated rings. The third kappa shape index (κ3) is 5.54. The van der Waals surface area contributed by atoms with Crippen molar-refractivity contribution in [3.8, 4) is 0 Å². The van der Waals surface area contributed by atoms with Gasteiger partial charge >= 0.3 is 0 Å². The van der Waals surface area contributed by atoms with E-state index in [9.17, 15) is 13.2 Å². The molecule has 0 bridgehead atoms. The summed E-state index contributed by atoms with van der Waals surface area (Å²) in [7, 11) is -3.84. The van der Waals surface area contributed by atoms with Crippen LogP contribution in [0.5, 0.6) is 0 Å². The van der Waals surface area contributed by atoms with E-state index >= 15 is 0 Å². The molecule has 0 saturated heterocycles. The van der Waals surface area contributed by atoms with Gasteiger partial charge in [0.25, 0.3) is 0 Å². The predicted molar refractivity (Wildman–Crippen MR) is 106 cm³/mol. The van der Waals surface area contributed by atoms with Gasteiger partial charge in [-0.1, -0.05) is 54.8 Å². The SMILES string of the molecule is O=C(NC1CCCC1)C(Cc1ccccc1)NS(=O)(=O)c1ccc(Cl)cc1. The van der Waals surface area contributed by atoms with Crippen LogP contribution in [0.4, 0.5) is 0 Å². The number of sulfonamides is 1. The maximum Gasteiger partial charge on any atom is 0.241 e. The van der Waals surface area contributed by atoms with Crippen LogP contribution in [0.25, 0.3) is 0 Å². The number of nitrogens with one attached hydrogen (secondary N) is 2. The first-order valence-electron chi connectivity index (χ1n) is 9.06. The van der Waals surface area contributed by atoms with E-state index in [1.54, 1.807) is 0 Å². The average Bonchev–Trinajstić information content (AvgIpc) is 3.15. The van der Waals surface area contributed by atoms with Crippen LogP contribution in [0, 0.1) is 0 Å². The van der Waals surface area contributed by atoms with E-state index < -0.39 is 16.1 Å². The van der Waals surface area contributed by atoms with Crippen LogP contribution in [-0.2, 0) is 21.2 Å². The van der Waals surface area contributed by atoms with Crippen LogP contribution in [0.15, 0.2) is 59.5 Å². The van der Waals surface area contributed by atoms with Gasteiger partial charge < -0.3 is 5.32 Å². The predicted octanol–water partition coefficient (Wildman–Crippen LogP) is 3.29. The van der Waals surface area contributed by atoms with Crippen LogP contribution in [0.3, 0.4) is 0 Å². The van der Waals surface area contributed by atoms with Crippen molar-refractivity contribution in [2.24, 2.45) is 0 Å². The molecule has 0 spiro atoms. The minimum Gasteiger partial charge on any atom is -0.352 e. The lowest BCUT2D eigenvalue weighted by Crippen LogP contribution is -2.50. The number of hydrogen-bond donors (Lipinski definition) is 2. The second-order valence-corrected chi connectivity index (χ2v) is 8.96. The van der Waals surface area contributed by atoms with Gasteiger partial charge in [0.1, 0.15) is 6.04 Å². The molecule has 1 amide bonds. The molecule has 1 aliphatic carbocycles. The van der Waals surface area contributed by atoms with Crippen molar-refractivity contribution in [2.75, 3.05) is 0 Å². The van der Waals surface area contributed by atoms with Gasteiger partial charge in [-0.15, -0.1) is 0 Å². The van der Waals surface area contributed by atoms with Crippen LogP contribution < -0.4 is 10.0 Å². The molecule has 0 aliphatic heterocycles. The van der Waals surface area contributed by atoms with Gasteiger partial charge in [0.2, 0.25) is 15.9 Å². The molecule has 0 heterocycles. The molecule has 5 nitrogen and oxygen atoms in total. The summed E-state index contributed by atoms with van der Waals surface area (Å²) in [5.41, 5.74) is 0.892. The molecule has 7 heteroatoms. The number of carbonyl (C=O) groups excluding carboxylic acids is 1. The first kappa shape index (κ1) is 19.9. The van der Waals surface area contributed by atoms with E-state index in [0.717, 1.165) is 31.2 Å². The van der Waals surface area contributed by atoms with E-state index in [1.165, 1.54) is 24.3 Å². The summed E-state index contributed by atoms with van der Waals surface area (Å²) in [6, 6.07) is 14.5. The van der Waals surface area contributed by atoms with Crippen molar-refractivity contribution in [1.29, 1.82) is 0 Å². The zero-order valence-electron chi connectivity index (χ0n) is 14.9. The number of carbonyl (C=O) groups is 1. The summed E-state index contributed by atoms with van der Waals surface area (Å²) in [5, 5.41) is 3.45. The zero-order chi connectivity index (χ0) is 19.3. The zero-order valence-corrected chi connectivity index (χ0v) is 16.5. The highest BCUT2D eigenvalue weighted by molar-refractivity contribution is 7.89. The Balaban J connectivity index is 1.79. The Morgan fingerprint density at radius 1 is 1.04 bits per heavy atom. The van der Waals surface area contributed by atoms with Crippen LogP contribution in [0.2, 0.25) is 5.02 Å². The van der Waals surface area contributed by atoms with Crippen molar-refractivity contribution in [2.45, 2.75) is 49.1 Å². The van der Waals surface area contributed by atoms with Gasteiger partial charge in [-0.3, -0.25) is 4.79 Å². The van der Waals surface area contributed by atoms with Gasteiger partial charge in [0, 0.05) is 11.1 Å². The van der Waals surface area contributed by atoms with E-state index in [-0.39, 0.29) is 23.3 Å². The van der Waals surface area contributed by atoms with Crippen molar-refractivity contribution in [3.05, 3.63) is 65.2 Å². The average molecular weight is 407 g/mol. The van der Waals surface area contributed by atoms with Gasteiger partial charge in [-0.25, -0.2) is 8.42 Å². The van der Waals surface area contributed by atoms with Gasteiger partial charge in [0.15, 0.2) is 0 Å². The van der Waals surface area contributed by atoms with E-state index in [4.69, 9.17) is 11.6 Å². The summed E-state index contributed by atoms with van der Waals surface area (Å²) in [6.45, 7) is 0. The molecule has 2 N–H and O–H groups in total. The second kappa shape index (κ2) is 8.87. The molecule has 27 heavy (non-hydrogen) atoms. The highest BCUT2D eigenvalue weighted by Crippen LogP contribution is 2.19. The molecule has 0 aromatic heterocycles. The number of benzene rings is 2. The maximum absolute atomic E-state index is 12.8. The van der Waals surface area contributed by atoms with E-state index in [0.29, 0.717) is 5.02 Å². The van der Waals surface area contributed by atoms with Crippen molar-refractivity contribution >= 4 is 27.5 Å². The summed E-state index contributed by atoms with van der Waals surface area (Å²) in [5.74, 6) is -0.289. The lowest BCUT2D eigenvalue weighted by Gasteiger charge is -2.21. The van der Waals surface area contributed by atoms with E-state index in [1.807, 2.05) is 30.3 Å². The van der Waals surface area contributed by atoms with Crippen LogP contribution in [0.1, 0.15) is 31.2 Å². The Labute approximate surface area is 165 Å². The minimum absolute atomic E-state index is 0.0821. The number of hydrogen-bond acceptors (Lipinski definition) is 3. The summed E-state index contributed by atoms with van der Waals surface area (Å²) in [4.78, 5) is 12.9. The normalized spacial score (nSPS) is 16.2. The molecule has 0 radical (unpaired) electrons. The topological polar surface area (TPSA) is 75.3 Å². The molecule has 3 rings (SSSR count). The van der Waals surface area contributed by atoms with Crippen LogP contribution >= 0.6 is 11.6 Å². The summed E-state index contributed by atoms with van der Waals surface area (Å²) >= 11 is 5.84. The van der Waals surface area contributed by atoms with Gasteiger partial charge in [-0.2, -0.15) is 4.72 Å². The maximum atomic E-state index is 12.8. The molecule has 144 valence electrons. The largest absolute Gasteiger partial charge is 0.352 e. The third-order valence-corrected chi connectivity index (χ3v) is 6.46. The standard InChI is InChI=1S/C20H23ClN2O3S/c21-16-10-12-18(13-11-16)27(25,26)23-19(14-15-6-2-1-3-7-15)20(24)22-17-8-4-5-9-17/h1-3,6-7,10-13,17,19,23H,4-5,8-9,14H2,(H,22,24). The Morgan fingerprint density at radius 3 is 2.30 bits per heavy atom. The Bertz CT molecular complexity index is 864. The number of rotatable bonds is 7. The molecule has 1 atom stereocenters. The third-order valence-electron chi connectivity index (χ3n) is 4.72. The first-order chi connectivity index (χ1) is 12.9. The highest BCUT2D eigenvalue weighted by atomic mass is 35.5. The quantitative estimate of drug-likeness (QED) is 0.740. The van der Waals surface area contributed by atoms with Crippen molar-refractivity contribution < 1.29 is 13.2 Å². The summed E-state index contributed by atoms with van der Waals surface area (Å²) < 4.78 is 28.1. The van der Waals surface area contributed by atoms with Crippen molar-refractivity contribution in [1.82, 2.24) is 10.0 Å². The molecular weight excluding hydrogens is 384 g/mol. The Kier molecular flexibility index (Phi) is 6.52. The fourth-order valence-corrected chi connectivity index (χ4v) is 4.60. The molecule has 2 aromatic rings.